The molecule has 3 rings (SSSR count). The van der Waals surface area contributed by atoms with E-state index < -0.39 is 6.61 Å². The summed E-state index contributed by atoms with van der Waals surface area (Å²) in [6.07, 6.45) is 3.68. The van der Waals surface area contributed by atoms with Crippen molar-refractivity contribution >= 4 is 5.91 Å². The van der Waals surface area contributed by atoms with Gasteiger partial charge in [0, 0.05) is 44.4 Å². The van der Waals surface area contributed by atoms with Gasteiger partial charge in [-0.15, -0.1) is 0 Å². The Balaban J connectivity index is 1.68. The second-order valence-electron chi connectivity index (χ2n) is 6.53. The molecule has 1 aliphatic heterocycles. The number of nitrogens with zero attached hydrogens (tertiary/aromatic N) is 2. The SMILES string of the molecule is Cc1ccc(OC(F)F)c(CNC(=O)[C@H]2CNC[C@@H]2c2cnn(C)c2)c1. The summed E-state index contributed by atoms with van der Waals surface area (Å²) >= 11 is 0. The van der Waals surface area contributed by atoms with Crippen LogP contribution in [0, 0.1) is 12.8 Å². The van der Waals surface area contributed by atoms with Gasteiger partial charge in [0.15, 0.2) is 0 Å². The first-order valence-corrected chi connectivity index (χ1v) is 8.45. The summed E-state index contributed by atoms with van der Waals surface area (Å²) in [6.45, 7) is 0.365. The van der Waals surface area contributed by atoms with E-state index in [0.717, 1.165) is 11.1 Å². The predicted octanol–water partition coefficient (Wildman–Crippen LogP) is 1.95. The summed E-state index contributed by atoms with van der Waals surface area (Å²) < 4.78 is 31.4. The number of hydrogen-bond acceptors (Lipinski definition) is 4. The number of nitrogens with one attached hydrogen (secondary N) is 2. The van der Waals surface area contributed by atoms with Crippen molar-refractivity contribution in [3.63, 3.8) is 0 Å². The minimum Gasteiger partial charge on any atom is -0.434 e. The number of ether oxygens (including phenoxy) is 1. The molecule has 0 saturated carbocycles. The maximum absolute atomic E-state index is 12.7. The third-order valence-corrected chi connectivity index (χ3v) is 4.59. The van der Waals surface area contributed by atoms with E-state index in [9.17, 15) is 13.6 Å². The minimum absolute atomic E-state index is 0.0398. The van der Waals surface area contributed by atoms with Crippen molar-refractivity contribution < 1.29 is 18.3 Å². The fourth-order valence-electron chi connectivity index (χ4n) is 3.31. The number of aryl methyl sites for hydroxylation is 2. The van der Waals surface area contributed by atoms with Crippen LogP contribution >= 0.6 is 0 Å². The number of aromatic nitrogens is 2. The second-order valence-corrected chi connectivity index (χ2v) is 6.53. The molecule has 140 valence electrons. The zero-order valence-corrected chi connectivity index (χ0v) is 14.7. The molecule has 0 radical (unpaired) electrons. The number of halogens is 2. The average molecular weight is 364 g/mol. The monoisotopic (exact) mass is 364 g/mol. The van der Waals surface area contributed by atoms with Gasteiger partial charge in [0.05, 0.1) is 12.1 Å². The van der Waals surface area contributed by atoms with Crippen LogP contribution < -0.4 is 15.4 Å². The topological polar surface area (TPSA) is 68.2 Å². The first kappa shape index (κ1) is 18.3. The molecule has 0 spiro atoms. The number of benzene rings is 1. The van der Waals surface area contributed by atoms with Crippen molar-refractivity contribution in [2.24, 2.45) is 13.0 Å². The molecule has 1 aromatic heterocycles. The Kier molecular flexibility index (Phi) is 5.51. The van der Waals surface area contributed by atoms with Gasteiger partial charge in [0.25, 0.3) is 0 Å². The second kappa shape index (κ2) is 7.82. The maximum Gasteiger partial charge on any atom is 0.387 e. The fourth-order valence-corrected chi connectivity index (χ4v) is 3.31. The van der Waals surface area contributed by atoms with Crippen LogP contribution in [0.1, 0.15) is 22.6 Å². The molecule has 0 bridgehead atoms. The van der Waals surface area contributed by atoms with Gasteiger partial charge in [-0.25, -0.2) is 0 Å². The average Bonchev–Trinajstić information content (AvgIpc) is 3.23. The Hall–Kier alpha value is -2.48. The molecule has 2 aromatic rings. The van der Waals surface area contributed by atoms with Crippen molar-refractivity contribution in [2.75, 3.05) is 13.1 Å². The molecule has 8 heteroatoms. The van der Waals surface area contributed by atoms with Gasteiger partial charge >= 0.3 is 6.61 Å². The van der Waals surface area contributed by atoms with Gasteiger partial charge in [-0.1, -0.05) is 17.7 Å². The molecule has 2 atom stereocenters. The van der Waals surface area contributed by atoms with Crippen LogP contribution in [-0.4, -0.2) is 35.4 Å². The molecule has 2 heterocycles. The Morgan fingerprint density at radius 2 is 2.27 bits per heavy atom. The van der Waals surface area contributed by atoms with Crippen LogP contribution in [0.3, 0.4) is 0 Å². The van der Waals surface area contributed by atoms with Gasteiger partial charge in [-0.3, -0.25) is 9.48 Å². The van der Waals surface area contributed by atoms with E-state index in [2.05, 4.69) is 20.5 Å². The van der Waals surface area contributed by atoms with Gasteiger partial charge in [-0.05, 0) is 18.6 Å². The molecule has 26 heavy (non-hydrogen) atoms. The van der Waals surface area contributed by atoms with Crippen LogP contribution in [0.4, 0.5) is 8.78 Å². The van der Waals surface area contributed by atoms with Crippen LogP contribution in [0.5, 0.6) is 5.75 Å². The zero-order valence-electron chi connectivity index (χ0n) is 14.7. The van der Waals surface area contributed by atoms with Gasteiger partial charge in [-0.2, -0.15) is 13.9 Å². The molecule has 1 aromatic carbocycles. The van der Waals surface area contributed by atoms with Gasteiger partial charge < -0.3 is 15.4 Å². The molecule has 1 saturated heterocycles. The summed E-state index contributed by atoms with van der Waals surface area (Å²) in [5.74, 6) is -0.228. The minimum atomic E-state index is -2.90. The Bertz CT molecular complexity index is 778. The van der Waals surface area contributed by atoms with Gasteiger partial charge in [0.1, 0.15) is 5.75 Å². The van der Waals surface area contributed by atoms with Crippen molar-refractivity contribution in [1.82, 2.24) is 20.4 Å². The highest BCUT2D eigenvalue weighted by Gasteiger charge is 2.34. The van der Waals surface area contributed by atoms with E-state index in [1.165, 1.54) is 6.07 Å². The number of carbonyl (C=O) groups excluding carboxylic acids is 1. The maximum atomic E-state index is 12.7. The van der Waals surface area contributed by atoms with Crippen molar-refractivity contribution in [1.29, 1.82) is 0 Å². The normalized spacial score (nSPS) is 19.7. The fraction of sp³-hybridized carbons (Fsp3) is 0.444. The lowest BCUT2D eigenvalue weighted by atomic mass is 9.90. The van der Waals surface area contributed by atoms with Crippen molar-refractivity contribution in [3.8, 4) is 5.75 Å². The van der Waals surface area contributed by atoms with E-state index >= 15 is 0 Å². The predicted molar refractivity (Wildman–Crippen MR) is 92.0 cm³/mol. The molecule has 2 N–H and O–H groups in total. The Morgan fingerprint density at radius 3 is 2.96 bits per heavy atom. The lowest BCUT2D eigenvalue weighted by molar-refractivity contribution is -0.125. The summed E-state index contributed by atoms with van der Waals surface area (Å²) in [7, 11) is 1.84. The molecule has 6 nitrogen and oxygen atoms in total. The highest BCUT2D eigenvalue weighted by atomic mass is 19.3. The molecule has 1 amide bonds. The first-order valence-electron chi connectivity index (χ1n) is 8.45. The molecule has 0 aliphatic carbocycles. The van der Waals surface area contributed by atoms with Crippen LogP contribution in [0.2, 0.25) is 0 Å². The van der Waals surface area contributed by atoms with Gasteiger partial charge in [0.2, 0.25) is 5.91 Å². The van der Waals surface area contributed by atoms with Crippen molar-refractivity contribution in [3.05, 3.63) is 47.3 Å². The van der Waals surface area contributed by atoms with E-state index in [-0.39, 0.29) is 30.0 Å². The number of carbonyl (C=O) groups is 1. The van der Waals surface area contributed by atoms with E-state index in [1.54, 1.807) is 23.0 Å². The number of alkyl halides is 2. The molecular formula is C18H22F2N4O2. The number of hydrogen-bond donors (Lipinski definition) is 2. The molecular weight excluding hydrogens is 342 g/mol. The first-order chi connectivity index (χ1) is 12.4. The van der Waals surface area contributed by atoms with Crippen LogP contribution in [0.15, 0.2) is 30.6 Å². The summed E-state index contributed by atoms with van der Waals surface area (Å²) in [6, 6.07) is 4.93. The third kappa shape index (κ3) is 4.19. The molecule has 0 unspecified atom stereocenters. The largest absolute Gasteiger partial charge is 0.434 e. The van der Waals surface area contributed by atoms with Crippen molar-refractivity contribution in [2.45, 2.75) is 26.0 Å². The third-order valence-electron chi connectivity index (χ3n) is 4.59. The standard InChI is InChI=1S/C18H22F2N4O2/c1-11-3-4-16(26-18(19)20)12(5-11)6-22-17(25)15-9-21-8-14(15)13-7-23-24(2)10-13/h3-5,7,10,14-15,18,21H,6,8-9H2,1-2H3,(H,22,25)/t14-,15+/m1/s1. The summed E-state index contributed by atoms with van der Waals surface area (Å²) in [5.41, 5.74) is 2.45. The molecule has 1 aliphatic rings. The van der Waals surface area contributed by atoms with Crippen LogP contribution in [0.25, 0.3) is 0 Å². The Morgan fingerprint density at radius 1 is 1.46 bits per heavy atom. The van der Waals surface area contributed by atoms with E-state index in [4.69, 9.17) is 0 Å². The molecule has 1 fully saturated rings. The zero-order chi connectivity index (χ0) is 18.7. The van der Waals surface area contributed by atoms with E-state index in [0.29, 0.717) is 18.7 Å². The lowest BCUT2D eigenvalue weighted by Crippen LogP contribution is -2.34. The highest BCUT2D eigenvalue weighted by Crippen LogP contribution is 2.28. The number of rotatable bonds is 6. The smallest absolute Gasteiger partial charge is 0.387 e. The van der Waals surface area contributed by atoms with Crippen LogP contribution in [-0.2, 0) is 18.4 Å². The summed E-state index contributed by atoms with van der Waals surface area (Å²) in [4.78, 5) is 12.7. The quantitative estimate of drug-likeness (QED) is 0.822. The Labute approximate surface area is 150 Å². The lowest BCUT2D eigenvalue weighted by Gasteiger charge is -2.18. The summed E-state index contributed by atoms with van der Waals surface area (Å²) in [5, 5.41) is 10.3. The highest BCUT2D eigenvalue weighted by molar-refractivity contribution is 5.80. The number of amides is 1. The van der Waals surface area contributed by atoms with E-state index in [1.807, 2.05) is 20.2 Å².